The summed E-state index contributed by atoms with van der Waals surface area (Å²) in [4.78, 5) is 2.97. The molecule has 1 heteroatoms. The summed E-state index contributed by atoms with van der Waals surface area (Å²) in [6.45, 7) is 8.80. The fourth-order valence-electron chi connectivity index (χ4n) is 1.80. The molecule has 0 aromatic carbocycles. The Kier molecular flexibility index (Phi) is 3.01. The van der Waals surface area contributed by atoms with Gasteiger partial charge in [-0.15, -0.1) is 11.3 Å². The van der Waals surface area contributed by atoms with Crippen molar-refractivity contribution in [2.75, 3.05) is 0 Å². The number of hydrogen-bond acceptors (Lipinski definition) is 1. The first-order valence-corrected chi connectivity index (χ1v) is 6.76. The molecule has 0 atom stereocenters. The van der Waals surface area contributed by atoms with E-state index in [1.807, 2.05) is 11.3 Å². The van der Waals surface area contributed by atoms with Gasteiger partial charge < -0.3 is 0 Å². The third kappa shape index (κ3) is 2.34. The predicted molar refractivity (Wildman–Crippen MR) is 69.5 cm³/mol. The van der Waals surface area contributed by atoms with Crippen molar-refractivity contribution in [2.24, 2.45) is 0 Å². The lowest BCUT2D eigenvalue weighted by molar-refractivity contribution is 0.809. The van der Waals surface area contributed by atoms with Crippen LogP contribution in [0.1, 0.15) is 55.7 Å². The molecule has 1 heterocycles. The van der Waals surface area contributed by atoms with Crippen LogP contribution < -0.4 is 0 Å². The molecular formula is C14H20S. The molecule has 0 nitrogen and oxygen atoms in total. The lowest BCUT2D eigenvalue weighted by Crippen LogP contribution is -1.93. The average molecular weight is 220 g/mol. The van der Waals surface area contributed by atoms with Gasteiger partial charge in [-0.3, -0.25) is 0 Å². The maximum Gasteiger partial charge on any atom is 0.0299 e. The third-order valence-electron chi connectivity index (χ3n) is 3.38. The van der Waals surface area contributed by atoms with Crippen molar-refractivity contribution in [3.05, 3.63) is 28.5 Å². The minimum absolute atomic E-state index is 0.522. The smallest absolute Gasteiger partial charge is 0.0299 e. The van der Waals surface area contributed by atoms with Crippen LogP contribution in [-0.2, 0) is 5.41 Å². The summed E-state index contributed by atoms with van der Waals surface area (Å²) in [5.41, 5.74) is 1.85. The molecule has 1 aromatic rings. The van der Waals surface area contributed by atoms with Gasteiger partial charge in [0.15, 0.2) is 0 Å². The lowest BCUT2D eigenvalue weighted by Gasteiger charge is -2.04. The van der Waals surface area contributed by atoms with Crippen LogP contribution in [0.4, 0.5) is 0 Å². The predicted octanol–water partition coefficient (Wildman–Crippen LogP) is 5.00. The zero-order chi connectivity index (χ0) is 10.9. The Labute approximate surface area is 97.0 Å². The second kappa shape index (κ2) is 4.13. The van der Waals surface area contributed by atoms with E-state index in [4.69, 9.17) is 0 Å². The van der Waals surface area contributed by atoms with Crippen LogP contribution >= 0.6 is 11.3 Å². The van der Waals surface area contributed by atoms with Gasteiger partial charge >= 0.3 is 0 Å². The fraction of sp³-hybridized carbons (Fsp3) is 0.571. The normalized spacial score (nSPS) is 17.7. The Balaban J connectivity index is 2.03. The molecule has 2 rings (SSSR count). The maximum atomic E-state index is 4.19. The molecule has 82 valence electrons. The minimum Gasteiger partial charge on any atom is -0.140 e. The van der Waals surface area contributed by atoms with Gasteiger partial charge in [0, 0.05) is 15.2 Å². The highest BCUT2D eigenvalue weighted by Crippen LogP contribution is 2.50. The average Bonchev–Trinajstić information content (AvgIpc) is 2.82. The van der Waals surface area contributed by atoms with E-state index >= 15 is 0 Å². The largest absolute Gasteiger partial charge is 0.140 e. The van der Waals surface area contributed by atoms with E-state index < -0.39 is 0 Å². The first-order chi connectivity index (χ1) is 7.15. The zero-order valence-corrected chi connectivity index (χ0v) is 10.6. The van der Waals surface area contributed by atoms with Gasteiger partial charge in [-0.25, -0.2) is 0 Å². The molecule has 0 spiro atoms. The van der Waals surface area contributed by atoms with E-state index in [1.165, 1.54) is 36.1 Å². The van der Waals surface area contributed by atoms with Crippen LogP contribution in [0.5, 0.6) is 0 Å². The molecule has 1 aliphatic carbocycles. The number of rotatable bonds is 5. The van der Waals surface area contributed by atoms with Crippen LogP contribution in [-0.4, -0.2) is 0 Å². The molecule has 0 unspecified atom stereocenters. The topological polar surface area (TPSA) is 0 Å². The first-order valence-electron chi connectivity index (χ1n) is 5.94. The summed E-state index contributed by atoms with van der Waals surface area (Å²) in [5.74, 6) is 0. The summed E-state index contributed by atoms with van der Waals surface area (Å²) in [5, 5.41) is 0. The van der Waals surface area contributed by atoms with E-state index in [-0.39, 0.29) is 0 Å². The van der Waals surface area contributed by atoms with Crippen molar-refractivity contribution in [1.29, 1.82) is 0 Å². The molecule has 0 bridgehead atoms. The Morgan fingerprint density at radius 3 is 2.80 bits per heavy atom. The molecule has 1 aliphatic rings. The van der Waals surface area contributed by atoms with Crippen molar-refractivity contribution in [3.8, 4) is 0 Å². The number of thiophene rings is 1. The molecule has 1 aromatic heterocycles. The van der Waals surface area contributed by atoms with Crippen LogP contribution in [0.25, 0.3) is 5.57 Å². The van der Waals surface area contributed by atoms with E-state index in [1.54, 1.807) is 4.88 Å². The van der Waals surface area contributed by atoms with Gasteiger partial charge in [-0.2, -0.15) is 0 Å². The number of hydrogen-bond donors (Lipinski definition) is 0. The number of unbranched alkanes of at least 4 members (excludes halogenated alkanes) is 1. The zero-order valence-electron chi connectivity index (χ0n) is 9.81. The van der Waals surface area contributed by atoms with Gasteiger partial charge in [-0.05, 0) is 43.4 Å². The van der Waals surface area contributed by atoms with Gasteiger partial charge in [0.05, 0.1) is 0 Å². The van der Waals surface area contributed by atoms with Crippen LogP contribution in [0.3, 0.4) is 0 Å². The molecule has 0 aliphatic heterocycles. The first kappa shape index (κ1) is 10.9. The Morgan fingerprint density at radius 2 is 2.20 bits per heavy atom. The third-order valence-corrected chi connectivity index (χ3v) is 4.87. The summed E-state index contributed by atoms with van der Waals surface area (Å²) in [6.07, 6.45) is 6.42. The fourth-order valence-corrected chi connectivity index (χ4v) is 3.01. The highest BCUT2D eigenvalue weighted by Gasteiger charge is 2.40. The van der Waals surface area contributed by atoms with Crippen LogP contribution in [0, 0.1) is 0 Å². The minimum atomic E-state index is 0.522. The van der Waals surface area contributed by atoms with Gasteiger partial charge in [0.25, 0.3) is 0 Å². The Hall–Kier alpha value is -0.560. The molecule has 0 amide bonds. The van der Waals surface area contributed by atoms with Crippen molar-refractivity contribution in [3.63, 3.8) is 0 Å². The van der Waals surface area contributed by atoms with E-state index in [0.29, 0.717) is 5.41 Å². The second-order valence-corrected chi connectivity index (χ2v) is 6.02. The second-order valence-electron chi connectivity index (χ2n) is 4.93. The Morgan fingerprint density at radius 1 is 1.47 bits per heavy atom. The molecule has 0 saturated heterocycles. The van der Waals surface area contributed by atoms with E-state index in [9.17, 15) is 0 Å². The standard InChI is InChI=1S/C14H20S/c1-4-5-6-11(2)12-7-8-13(15-12)14(3)9-10-14/h7-8H,2,4-6,9-10H2,1,3H3. The van der Waals surface area contributed by atoms with Crippen LogP contribution in [0.15, 0.2) is 18.7 Å². The van der Waals surface area contributed by atoms with Crippen LogP contribution in [0.2, 0.25) is 0 Å². The molecule has 1 fully saturated rings. The summed E-state index contributed by atoms with van der Waals surface area (Å²) >= 11 is 1.96. The van der Waals surface area contributed by atoms with Crippen molar-refractivity contribution < 1.29 is 0 Å². The summed E-state index contributed by atoms with van der Waals surface area (Å²) in [7, 11) is 0. The Bertz CT molecular complexity index is 355. The molecule has 1 saturated carbocycles. The van der Waals surface area contributed by atoms with E-state index in [2.05, 4.69) is 32.6 Å². The number of allylic oxidation sites excluding steroid dienone is 1. The van der Waals surface area contributed by atoms with Gasteiger partial charge in [-0.1, -0.05) is 26.8 Å². The highest BCUT2D eigenvalue weighted by molar-refractivity contribution is 7.13. The highest BCUT2D eigenvalue weighted by atomic mass is 32.1. The SMILES string of the molecule is C=C(CCCC)c1ccc(C2(C)CC2)s1. The van der Waals surface area contributed by atoms with Crippen molar-refractivity contribution in [1.82, 2.24) is 0 Å². The van der Waals surface area contributed by atoms with Crippen molar-refractivity contribution >= 4 is 16.9 Å². The molecule has 0 N–H and O–H groups in total. The maximum absolute atomic E-state index is 4.19. The lowest BCUT2D eigenvalue weighted by atomic mass is 10.1. The summed E-state index contributed by atoms with van der Waals surface area (Å²) < 4.78 is 0. The van der Waals surface area contributed by atoms with Gasteiger partial charge in [0.2, 0.25) is 0 Å². The van der Waals surface area contributed by atoms with Gasteiger partial charge in [0.1, 0.15) is 0 Å². The molecule has 15 heavy (non-hydrogen) atoms. The van der Waals surface area contributed by atoms with Crippen molar-refractivity contribution in [2.45, 2.75) is 51.4 Å². The summed E-state index contributed by atoms with van der Waals surface area (Å²) in [6, 6.07) is 4.58. The monoisotopic (exact) mass is 220 g/mol. The quantitative estimate of drug-likeness (QED) is 0.655. The molecule has 0 radical (unpaired) electrons. The molecular weight excluding hydrogens is 200 g/mol. The van der Waals surface area contributed by atoms with E-state index in [0.717, 1.165) is 6.42 Å².